The highest BCUT2D eigenvalue weighted by molar-refractivity contribution is 6.39. The number of benzene rings is 3. The quantitative estimate of drug-likeness (QED) is 0.218. The number of pyridine rings is 1. The van der Waals surface area contributed by atoms with Gasteiger partial charge in [-0.1, -0.05) is 71.2 Å². The number of hydrogen-bond donors (Lipinski definition) is 0. The molecule has 1 saturated heterocycles. The second kappa shape index (κ2) is 12.2. The van der Waals surface area contributed by atoms with Crippen molar-refractivity contribution in [3.8, 4) is 5.75 Å². The topological polar surface area (TPSA) is 54.9 Å². The van der Waals surface area contributed by atoms with Crippen LogP contribution in [0, 0.1) is 0 Å². The van der Waals surface area contributed by atoms with E-state index in [1.165, 1.54) is 0 Å². The van der Waals surface area contributed by atoms with Crippen molar-refractivity contribution in [2.75, 3.05) is 44.2 Å². The molecule has 0 aliphatic carbocycles. The zero-order valence-corrected chi connectivity index (χ0v) is 22.8. The number of rotatable bonds is 8. The summed E-state index contributed by atoms with van der Waals surface area (Å²) in [6, 6.07) is 22.5. The van der Waals surface area contributed by atoms with Crippen molar-refractivity contribution in [2.24, 2.45) is 0 Å². The summed E-state index contributed by atoms with van der Waals surface area (Å²) in [7, 11) is 0. The Labute approximate surface area is 236 Å². The molecule has 3 aromatic carbocycles. The van der Waals surface area contributed by atoms with E-state index in [-0.39, 0.29) is 12.3 Å². The number of piperazine rings is 1. The second-order valence-electron chi connectivity index (χ2n) is 9.01. The van der Waals surface area contributed by atoms with Crippen LogP contribution in [0.15, 0.2) is 72.8 Å². The standard InChI is InChI=1S/C29H26Cl3N3O3/c30-21-7-4-8-23(15-21)35-11-9-34(10-12-35)13-14-37-29(36)26-18-27(38-19-20-5-2-1-3-6-20)28-24(32)16-22(31)17-25(28)33-26/h1-8,15-18H,9-14,19H2. The van der Waals surface area contributed by atoms with Gasteiger partial charge in [0, 0.05) is 54.5 Å². The number of anilines is 1. The van der Waals surface area contributed by atoms with Crippen LogP contribution in [-0.2, 0) is 11.3 Å². The number of carbonyl (C=O) groups is 1. The predicted molar refractivity (Wildman–Crippen MR) is 153 cm³/mol. The molecule has 6 nitrogen and oxygen atoms in total. The fraction of sp³-hybridized carbons (Fsp3) is 0.241. The third-order valence-electron chi connectivity index (χ3n) is 6.42. The monoisotopic (exact) mass is 569 g/mol. The van der Waals surface area contributed by atoms with E-state index in [1.54, 1.807) is 18.2 Å². The Hall–Kier alpha value is -3.03. The molecule has 1 aromatic heterocycles. The first-order chi connectivity index (χ1) is 18.5. The Morgan fingerprint density at radius 3 is 2.42 bits per heavy atom. The van der Waals surface area contributed by atoms with Crippen molar-refractivity contribution >= 4 is 57.4 Å². The molecule has 2 heterocycles. The summed E-state index contributed by atoms with van der Waals surface area (Å²) in [4.78, 5) is 22.0. The number of hydrogen-bond acceptors (Lipinski definition) is 6. The zero-order valence-electron chi connectivity index (χ0n) is 20.6. The average Bonchev–Trinajstić information content (AvgIpc) is 2.92. The number of nitrogens with zero attached hydrogens (tertiary/aromatic N) is 3. The summed E-state index contributed by atoms with van der Waals surface area (Å²) in [6.45, 7) is 4.70. The maximum absolute atomic E-state index is 12.9. The third-order valence-corrected chi connectivity index (χ3v) is 7.17. The van der Waals surface area contributed by atoms with Crippen LogP contribution in [0.25, 0.3) is 10.9 Å². The number of carbonyl (C=O) groups excluding carboxylic acids is 1. The zero-order chi connectivity index (χ0) is 26.5. The van der Waals surface area contributed by atoms with Crippen LogP contribution in [0.4, 0.5) is 5.69 Å². The van der Waals surface area contributed by atoms with Crippen molar-refractivity contribution in [3.63, 3.8) is 0 Å². The highest BCUT2D eigenvalue weighted by atomic mass is 35.5. The van der Waals surface area contributed by atoms with Crippen LogP contribution in [0.2, 0.25) is 15.1 Å². The minimum atomic E-state index is -0.523. The summed E-state index contributed by atoms with van der Waals surface area (Å²) >= 11 is 18.8. The second-order valence-corrected chi connectivity index (χ2v) is 10.3. The van der Waals surface area contributed by atoms with Crippen LogP contribution in [0.3, 0.4) is 0 Å². The first kappa shape index (κ1) is 26.6. The maximum Gasteiger partial charge on any atom is 0.357 e. The molecule has 1 aliphatic heterocycles. The van der Waals surface area contributed by atoms with Gasteiger partial charge < -0.3 is 14.4 Å². The number of ether oxygens (including phenoxy) is 2. The average molecular weight is 571 g/mol. The van der Waals surface area contributed by atoms with Crippen LogP contribution >= 0.6 is 34.8 Å². The molecular weight excluding hydrogens is 545 g/mol. The fourth-order valence-electron chi connectivity index (χ4n) is 4.45. The molecule has 0 N–H and O–H groups in total. The van der Waals surface area contributed by atoms with E-state index in [2.05, 4.69) is 20.9 Å². The van der Waals surface area contributed by atoms with E-state index >= 15 is 0 Å². The van der Waals surface area contributed by atoms with Crippen LogP contribution in [0.5, 0.6) is 5.75 Å². The van der Waals surface area contributed by atoms with Gasteiger partial charge in [0.25, 0.3) is 0 Å². The predicted octanol–water partition coefficient (Wildman–Crippen LogP) is 6.75. The molecule has 1 fully saturated rings. The largest absolute Gasteiger partial charge is 0.488 e. The third kappa shape index (κ3) is 6.51. The summed E-state index contributed by atoms with van der Waals surface area (Å²) in [5, 5.41) is 2.16. The summed E-state index contributed by atoms with van der Waals surface area (Å²) in [5.41, 5.74) is 2.72. The molecule has 0 amide bonds. The Morgan fingerprint density at radius 2 is 1.66 bits per heavy atom. The van der Waals surface area contributed by atoms with Crippen LogP contribution in [-0.4, -0.2) is 55.2 Å². The summed E-state index contributed by atoms with van der Waals surface area (Å²) in [6.07, 6.45) is 0. The maximum atomic E-state index is 12.9. The van der Waals surface area contributed by atoms with E-state index in [0.29, 0.717) is 39.8 Å². The molecule has 9 heteroatoms. The van der Waals surface area contributed by atoms with E-state index in [9.17, 15) is 4.79 Å². The molecule has 0 radical (unpaired) electrons. The van der Waals surface area contributed by atoms with Gasteiger partial charge in [0.05, 0.1) is 15.9 Å². The minimum absolute atomic E-state index is 0.143. The lowest BCUT2D eigenvalue weighted by Gasteiger charge is -2.36. The Bertz CT molecular complexity index is 1430. The molecule has 0 saturated carbocycles. The van der Waals surface area contributed by atoms with Crippen molar-refractivity contribution in [1.82, 2.24) is 9.88 Å². The summed E-state index contributed by atoms with van der Waals surface area (Å²) in [5.74, 6) is -0.0743. The van der Waals surface area contributed by atoms with Crippen molar-refractivity contribution in [3.05, 3.63) is 99.1 Å². The van der Waals surface area contributed by atoms with Gasteiger partial charge in [0.2, 0.25) is 0 Å². The molecule has 38 heavy (non-hydrogen) atoms. The molecule has 4 aromatic rings. The van der Waals surface area contributed by atoms with Gasteiger partial charge in [0.1, 0.15) is 19.0 Å². The van der Waals surface area contributed by atoms with Gasteiger partial charge >= 0.3 is 5.97 Å². The number of aromatic nitrogens is 1. The van der Waals surface area contributed by atoms with Gasteiger partial charge in [-0.05, 0) is 35.9 Å². The lowest BCUT2D eigenvalue weighted by atomic mass is 10.1. The van der Waals surface area contributed by atoms with Gasteiger partial charge in [0.15, 0.2) is 5.69 Å². The highest BCUT2D eigenvalue weighted by Crippen LogP contribution is 2.35. The summed E-state index contributed by atoms with van der Waals surface area (Å²) < 4.78 is 11.7. The molecule has 196 valence electrons. The Kier molecular flexibility index (Phi) is 8.55. The van der Waals surface area contributed by atoms with E-state index < -0.39 is 5.97 Å². The minimum Gasteiger partial charge on any atom is -0.488 e. The molecular formula is C29H26Cl3N3O3. The van der Waals surface area contributed by atoms with Crippen LogP contribution in [0.1, 0.15) is 16.1 Å². The van der Waals surface area contributed by atoms with E-state index in [0.717, 1.165) is 42.5 Å². The molecule has 0 unspecified atom stereocenters. The molecule has 1 aliphatic rings. The smallest absolute Gasteiger partial charge is 0.357 e. The van der Waals surface area contributed by atoms with Gasteiger partial charge in [-0.25, -0.2) is 9.78 Å². The first-order valence-electron chi connectivity index (χ1n) is 12.3. The number of esters is 1. The number of halogens is 3. The SMILES string of the molecule is O=C(OCCN1CCN(c2cccc(Cl)c2)CC1)c1cc(OCc2ccccc2)c2c(Cl)cc(Cl)cc2n1. The Balaban J connectivity index is 1.22. The molecule has 0 bridgehead atoms. The van der Waals surface area contributed by atoms with Gasteiger partial charge in [-0.3, -0.25) is 4.90 Å². The fourth-order valence-corrected chi connectivity index (χ4v) is 5.21. The van der Waals surface area contributed by atoms with Gasteiger partial charge in [-0.2, -0.15) is 0 Å². The van der Waals surface area contributed by atoms with Crippen molar-refractivity contribution in [2.45, 2.75) is 6.61 Å². The normalized spacial score (nSPS) is 14.0. The van der Waals surface area contributed by atoms with E-state index in [1.807, 2.05) is 48.5 Å². The molecule has 5 rings (SSSR count). The molecule has 0 atom stereocenters. The Morgan fingerprint density at radius 1 is 0.868 bits per heavy atom. The van der Waals surface area contributed by atoms with E-state index in [4.69, 9.17) is 44.3 Å². The van der Waals surface area contributed by atoms with Crippen LogP contribution < -0.4 is 9.64 Å². The lowest BCUT2D eigenvalue weighted by molar-refractivity contribution is 0.0452. The lowest BCUT2D eigenvalue weighted by Crippen LogP contribution is -2.47. The number of fused-ring (bicyclic) bond motifs is 1. The van der Waals surface area contributed by atoms with Gasteiger partial charge in [-0.15, -0.1) is 0 Å². The highest BCUT2D eigenvalue weighted by Gasteiger charge is 2.20. The van der Waals surface area contributed by atoms with Crippen molar-refractivity contribution < 1.29 is 14.3 Å². The molecule has 0 spiro atoms. The van der Waals surface area contributed by atoms with Crippen molar-refractivity contribution in [1.29, 1.82) is 0 Å². The first-order valence-corrected chi connectivity index (χ1v) is 13.5.